The number of alkyl halides is 2. The topological polar surface area (TPSA) is 12.0 Å². The minimum absolute atomic E-state index is 0.594. The molecular weight excluding hydrogens is 220 g/mol. The van der Waals surface area contributed by atoms with Gasteiger partial charge in [-0.1, -0.05) is 38.1 Å². The highest BCUT2D eigenvalue weighted by Gasteiger charge is 2.35. The van der Waals surface area contributed by atoms with Gasteiger partial charge in [-0.3, -0.25) is 0 Å². The fraction of sp³-hybridized carbons (Fsp3) is 0.571. The van der Waals surface area contributed by atoms with Gasteiger partial charge in [0.1, 0.15) is 5.54 Å². The highest BCUT2D eigenvalue weighted by atomic mass is 19.3. The maximum Gasteiger partial charge on any atom is 0.260 e. The van der Waals surface area contributed by atoms with Gasteiger partial charge < -0.3 is 5.32 Å². The van der Waals surface area contributed by atoms with Crippen LogP contribution in [0.5, 0.6) is 0 Å². The molecule has 1 unspecified atom stereocenters. The quantitative estimate of drug-likeness (QED) is 0.800. The van der Waals surface area contributed by atoms with E-state index in [4.69, 9.17) is 0 Å². The lowest BCUT2D eigenvalue weighted by Gasteiger charge is -2.30. The van der Waals surface area contributed by atoms with E-state index in [1.807, 2.05) is 19.1 Å². The number of benzene rings is 1. The summed E-state index contributed by atoms with van der Waals surface area (Å²) in [4.78, 5) is 0. The van der Waals surface area contributed by atoms with Crippen LogP contribution in [0.3, 0.4) is 0 Å². The van der Waals surface area contributed by atoms with Gasteiger partial charge in [-0.05, 0) is 37.4 Å². The van der Waals surface area contributed by atoms with Crippen LogP contribution in [-0.2, 0) is 12.0 Å². The van der Waals surface area contributed by atoms with Crippen LogP contribution in [0.15, 0.2) is 24.3 Å². The lowest BCUT2D eigenvalue weighted by molar-refractivity contribution is 0.0385. The molecule has 1 rings (SSSR count). The molecule has 0 heterocycles. The molecule has 0 aliphatic carbocycles. The van der Waals surface area contributed by atoms with Gasteiger partial charge in [-0.25, -0.2) is 8.78 Å². The molecule has 0 aromatic heterocycles. The maximum atomic E-state index is 13.2. The van der Waals surface area contributed by atoms with Crippen LogP contribution in [0.4, 0.5) is 8.78 Å². The zero-order valence-corrected chi connectivity index (χ0v) is 10.8. The molecule has 1 N–H and O–H groups in total. The van der Waals surface area contributed by atoms with E-state index in [-0.39, 0.29) is 0 Å². The normalized spacial score (nSPS) is 14.9. The molecule has 0 saturated heterocycles. The summed E-state index contributed by atoms with van der Waals surface area (Å²) in [5, 5.41) is 2.95. The first-order chi connectivity index (χ1) is 8.04. The second kappa shape index (κ2) is 6.10. The Morgan fingerprint density at radius 1 is 1.18 bits per heavy atom. The molecule has 1 atom stereocenters. The Bertz CT molecular complexity index is 335. The summed E-state index contributed by atoms with van der Waals surface area (Å²) in [7, 11) is 0. The molecular formula is C14H21F2N. The summed E-state index contributed by atoms with van der Waals surface area (Å²) in [6.45, 7) is 6.18. The van der Waals surface area contributed by atoms with Gasteiger partial charge in [-0.15, -0.1) is 0 Å². The summed E-state index contributed by atoms with van der Waals surface area (Å²) in [6, 6.07) is 7.44. The summed E-state index contributed by atoms with van der Waals surface area (Å²) >= 11 is 0. The van der Waals surface area contributed by atoms with Crippen molar-refractivity contribution in [1.29, 1.82) is 0 Å². The first-order valence-corrected chi connectivity index (χ1v) is 6.17. The van der Waals surface area contributed by atoms with E-state index in [2.05, 4.69) is 12.2 Å². The second-order valence-electron chi connectivity index (χ2n) is 4.48. The molecule has 1 nitrogen and oxygen atoms in total. The predicted octanol–water partition coefficient (Wildman–Crippen LogP) is 3.73. The van der Waals surface area contributed by atoms with Crippen molar-refractivity contribution in [2.75, 3.05) is 6.54 Å². The van der Waals surface area contributed by atoms with Crippen LogP contribution in [0.2, 0.25) is 0 Å². The van der Waals surface area contributed by atoms with Crippen molar-refractivity contribution in [3.05, 3.63) is 35.4 Å². The zero-order chi connectivity index (χ0) is 12.9. The SMILES string of the molecule is CCCNC(C)(c1ccc(CC)cc1)C(F)F. The Hall–Kier alpha value is -0.960. The number of aryl methyl sites for hydroxylation is 1. The molecule has 0 aliphatic rings. The lowest BCUT2D eigenvalue weighted by atomic mass is 9.91. The van der Waals surface area contributed by atoms with Crippen LogP contribution < -0.4 is 5.32 Å². The Labute approximate surface area is 102 Å². The average molecular weight is 241 g/mol. The van der Waals surface area contributed by atoms with Gasteiger partial charge in [0.15, 0.2) is 0 Å². The fourth-order valence-corrected chi connectivity index (χ4v) is 1.78. The van der Waals surface area contributed by atoms with E-state index < -0.39 is 12.0 Å². The Balaban J connectivity index is 2.96. The van der Waals surface area contributed by atoms with Gasteiger partial charge in [0.05, 0.1) is 0 Å². The van der Waals surface area contributed by atoms with E-state index in [1.54, 1.807) is 19.1 Å². The van der Waals surface area contributed by atoms with Crippen LogP contribution in [0, 0.1) is 0 Å². The number of rotatable bonds is 6. The molecule has 0 aliphatic heterocycles. The fourth-order valence-electron chi connectivity index (χ4n) is 1.78. The Morgan fingerprint density at radius 2 is 1.76 bits per heavy atom. The van der Waals surface area contributed by atoms with Gasteiger partial charge in [0, 0.05) is 0 Å². The number of hydrogen-bond acceptors (Lipinski definition) is 1. The van der Waals surface area contributed by atoms with Crippen molar-refractivity contribution < 1.29 is 8.78 Å². The van der Waals surface area contributed by atoms with E-state index in [0.29, 0.717) is 12.1 Å². The third-order valence-corrected chi connectivity index (χ3v) is 3.14. The number of hydrogen-bond donors (Lipinski definition) is 1. The second-order valence-corrected chi connectivity index (χ2v) is 4.48. The van der Waals surface area contributed by atoms with Crippen LogP contribution >= 0.6 is 0 Å². The van der Waals surface area contributed by atoms with Gasteiger partial charge >= 0.3 is 0 Å². The van der Waals surface area contributed by atoms with Crippen molar-refractivity contribution in [2.45, 2.75) is 45.6 Å². The van der Waals surface area contributed by atoms with Gasteiger partial charge in [-0.2, -0.15) is 0 Å². The molecule has 17 heavy (non-hydrogen) atoms. The average Bonchev–Trinajstić information content (AvgIpc) is 2.35. The Morgan fingerprint density at radius 3 is 2.18 bits per heavy atom. The molecule has 96 valence electrons. The molecule has 3 heteroatoms. The summed E-state index contributed by atoms with van der Waals surface area (Å²) < 4.78 is 26.4. The van der Waals surface area contributed by atoms with E-state index >= 15 is 0 Å². The monoisotopic (exact) mass is 241 g/mol. The maximum absolute atomic E-state index is 13.2. The number of halogens is 2. The van der Waals surface area contributed by atoms with Crippen molar-refractivity contribution >= 4 is 0 Å². The molecule has 0 radical (unpaired) electrons. The Kier molecular flexibility index (Phi) is 5.06. The molecule has 0 amide bonds. The van der Waals surface area contributed by atoms with E-state index in [0.717, 1.165) is 12.8 Å². The highest BCUT2D eigenvalue weighted by Crippen LogP contribution is 2.28. The minimum Gasteiger partial charge on any atom is -0.303 e. The van der Waals surface area contributed by atoms with Crippen molar-refractivity contribution in [1.82, 2.24) is 5.32 Å². The van der Waals surface area contributed by atoms with Crippen molar-refractivity contribution in [3.8, 4) is 0 Å². The highest BCUT2D eigenvalue weighted by molar-refractivity contribution is 5.28. The van der Waals surface area contributed by atoms with Crippen LogP contribution in [-0.4, -0.2) is 13.0 Å². The molecule has 0 saturated carbocycles. The summed E-state index contributed by atoms with van der Waals surface area (Å²) in [5.74, 6) is 0. The molecule has 0 fully saturated rings. The molecule has 0 spiro atoms. The number of nitrogens with one attached hydrogen (secondary N) is 1. The van der Waals surface area contributed by atoms with Crippen LogP contribution in [0.25, 0.3) is 0 Å². The summed E-state index contributed by atoms with van der Waals surface area (Å²) in [5.41, 5.74) is 0.571. The van der Waals surface area contributed by atoms with E-state index in [9.17, 15) is 8.78 Å². The molecule has 1 aromatic carbocycles. The first kappa shape index (κ1) is 14.1. The minimum atomic E-state index is -2.42. The van der Waals surface area contributed by atoms with Crippen LogP contribution in [0.1, 0.15) is 38.3 Å². The smallest absolute Gasteiger partial charge is 0.260 e. The third-order valence-electron chi connectivity index (χ3n) is 3.14. The van der Waals surface area contributed by atoms with Gasteiger partial charge in [0.25, 0.3) is 6.43 Å². The molecule has 0 bridgehead atoms. The largest absolute Gasteiger partial charge is 0.303 e. The van der Waals surface area contributed by atoms with Crippen molar-refractivity contribution in [3.63, 3.8) is 0 Å². The van der Waals surface area contributed by atoms with Gasteiger partial charge in [0.2, 0.25) is 0 Å². The standard InChI is InChI=1S/C14H21F2N/c1-4-10-17-14(3,13(15)16)12-8-6-11(5-2)7-9-12/h6-9,13,17H,4-5,10H2,1-3H3. The summed E-state index contributed by atoms with van der Waals surface area (Å²) in [6.07, 6.45) is -0.648. The third kappa shape index (κ3) is 3.25. The molecule has 1 aromatic rings. The zero-order valence-electron chi connectivity index (χ0n) is 10.8. The first-order valence-electron chi connectivity index (χ1n) is 6.17. The van der Waals surface area contributed by atoms with Crippen molar-refractivity contribution in [2.24, 2.45) is 0 Å². The van der Waals surface area contributed by atoms with E-state index in [1.165, 1.54) is 5.56 Å². The lowest BCUT2D eigenvalue weighted by Crippen LogP contribution is -2.46. The predicted molar refractivity (Wildman–Crippen MR) is 67.5 cm³/mol.